The van der Waals surface area contributed by atoms with Crippen LogP contribution in [0.1, 0.15) is 34.9 Å². The van der Waals surface area contributed by atoms with Crippen LogP contribution in [0.5, 0.6) is 0 Å². The van der Waals surface area contributed by atoms with Gasteiger partial charge in [-0.25, -0.2) is 4.98 Å². The summed E-state index contributed by atoms with van der Waals surface area (Å²) in [6, 6.07) is 16.6. The lowest BCUT2D eigenvalue weighted by Gasteiger charge is -2.28. The fraction of sp³-hybridized carbons (Fsp3) is 0.364. The Labute approximate surface area is 164 Å². The van der Waals surface area contributed by atoms with E-state index in [9.17, 15) is 4.79 Å². The minimum atomic E-state index is 0.137. The molecule has 3 aromatic rings. The first-order chi connectivity index (χ1) is 13.2. The van der Waals surface area contributed by atoms with Crippen LogP contribution in [-0.2, 0) is 11.3 Å². The Morgan fingerprint density at radius 2 is 2.04 bits per heavy atom. The summed E-state index contributed by atoms with van der Waals surface area (Å²) < 4.78 is 1.26. The fourth-order valence-electron chi connectivity index (χ4n) is 3.88. The number of nitrogens with zero attached hydrogens (tertiary/aromatic N) is 1. The van der Waals surface area contributed by atoms with E-state index in [2.05, 4.69) is 42.6 Å². The highest BCUT2D eigenvalue weighted by Gasteiger charge is 2.28. The molecular formula is C22H26N3OS+. The minimum Gasteiger partial charge on any atom is -0.347 e. The van der Waals surface area contributed by atoms with Crippen molar-refractivity contribution in [3.63, 3.8) is 0 Å². The van der Waals surface area contributed by atoms with E-state index in [1.54, 1.807) is 0 Å². The van der Waals surface area contributed by atoms with Crippen LogP contribution in [0.3, 0.4) is 0 Å². The second-order valence-corrected chi connectivity index (χ2v) is 8.51. The van der Waals surface area contributed by atoms with Crippen molar-refractivity contribution in [1.29, 1.82) is 0 Å². The number of piperidine rings is 1. The van der Waals surface area contributed by atoms with Gasteiger partial charge in [0.05, 0.1) is 29.2 Å². The molecule has 1 aliphatic rings. The summed E-state index contributed by atoms with van der Waals surface area (Å²) in [5.74, 6) is 0.605. The van der Waals surface area contributed by atoms with Crippen molar-refractivity contribution in [3.05, 3.63) is 64.7 Å². The van der Waals surface area contributed by atoms with Gasteiger partial charge in [-0.1, -0.05) is 36.4 Å². The molecule has 1 fully saturated rings. The van der Waals surface area contributed by atoms with E-state index in [1.807, 2.05) is 29.5 Å². The summed E-state index contributed by atoms with van der Waals surface area (Å²) in [5.41, 5.74) is 3.51. The zero-order valence-corrected chi connectivity index (χ0v) is 16.5. The highest BCUT2D eigenvalue weighted by atomic mass is 32.1. The summed E-state index contributed by atoms with van der Waals surface area (Å²) in [4.78, 5) is 18.6. The van der Waals surface area contributed by atoms with Crippen LogP contribution < -0.4 is 10.2 Å². The van der Waals surface area contributed by atoms with E-state index in [0.29, 0.717) is 19.0 Å². The molecule has 2 aromatic carbocycles. The fourth-order valence-corrected chi connectivity index (χ4v) is 4.98. The second kappa shape index (κ2) is 8.19. The highest BCUT2D eigenvalue weighted by Crippen LogP contribution is 2.30. The Morgan fingerprint density at radius 3 is 2.89 bits per heavy atom. The largest absolute Gasteiger partial charge is 0.347 e. The van der Waals surface area contributed by atoms with Crippen molar-refractivity contribution in [2.75, 3.05) is 19.6 Å². The number of rotatable bonds is 5. The van der Waals surface area contributed by atoms with E-state index in [1.165, 1.54) is 32.2 Å². The van der Waals surface area contributed by atoms with E-state index in [0.717, 1.165) is 25.0 Å². The first kappa shape index (κ1) is 18.1. The van der Waals surface area contributed by atoms with Crippen LogP contribution >= 0.6 is 11.3 Å². The number of fused-ring (bicyclic) bond motifs is 1. The van der Waals surface area contributed by atoms with Crippen molar-refractivity contribution in [3.8, 4) is 0 Å². The SMILES string of the molecule is Cc1ccccc1CNC(=O)C[NH+]1CCC[C@@H](c2nc3ccccc3s2)C1. The molecule has 2 heterocycles. The van der Waals surface area contributed by atoms with Gasteiger partial charge in [0.15, 0.2) is 6.54 Å². The number of aromatic nitrogens is 1. The lowest BCUT2D eigenvalue weighted by molar-refractivity contribution is -0.898. The molecule has 140 valence electrons. The van der Waals surface area contributed by atoms with Crippen LogP contribution in [0.25, 0.3) is 10.2 Å². The standard InChI is InChI=1S/C22H25N3OS/c1-16-7-2-3-8-17(16)13-23-21(26)15-25-12-6-9-18(14-25)22-24-19-10-4-5-11-20(19)27-22/h2-5,7-8,10-11,18H,6,9,12-15H2,1H3,(H,23,26)/p+1/t18-/m1/s1. The van der Waals surface area contributed by atoms with Crippen LogP contribution in [0.15, 0.2) is 48.5 Å². The van der Waals surface area contributed by atoms with Crippen molar-refractivity contribution >= 4 is 27.5 Å². The molecule has 1 amide bonds. The number of carbonyl (C=O) groups excluding carboxylic acids is 1. The molecule has 0 radical (unpaired) electrons. The van der Waals surface area contributed by atoms with Gasteiger partial charge in [0.1, 0.15) is 5.01 Å². The van der Waals surface area contributed by atoms with Crippen LogP contribution in [-0.4, -0.2) is 30.5 Å². The van der Waals surface area contributed by atoms with Gasteiger partial charge in [0.25, 0.3) is 5.91 Å². The van der Waals surface area contributed by atoms with Crippen molar-refractivity contribution in [2.24, 2.45) is 0 Å². The normalized spacial score (nSPS) is 19.9. The number of amides is 1. The molecule has 1 aromatic heterocycles. The van der Waals surface area contributed by atoms with Gasteiger partial charge in [-0.05, 0) is 43.0 Å². The lowest BCUT2D eigenvalue weighted by atomic mass is 9.99. The maximum Gasteiger partial charge on any atom is 0.275 e. The Bertz CT molecular complexity index is 903. The Kier molecular flexibility index (Phi) is 5.50. The molecule has 2 atom stereocenters. The Morgan fingerprint density at radius 1 is 1.22 bits per heavy atom. The van der Waals surface area contributed by atoms with E-state index in [-0.39, 0.29) is 5.91 Å². The quantitative estimate of drug-likeness (QED) is 0.715. The van der Waals surface area contributed by atoms with Crippen molar-refractivity contribution in [1.82, 2.24) is 10.3 Å². The molecule has 2 N–H and O–H groups in total. The van der Waals surface area contributed by atoms with Gasteiger partial charge in [-0.15, -0.1) is 11.3 Å². The van der Waals surface area contributed by atoms with Gasteiger partial charge >= 0.3 is 0 Å². The summed E-state index contributed by atoms with van der Waals surface area (Å²) in [7, 11) is 0. The molecule has 4 rings (SSSR count). The van der Waals surface area contributed by atoms with E-state index in [4.69, 9.17) is 4.98 Å². The third-order valence-electron chi connectivity index (χ3n) is 5.43. The van der Waals surface area contributed by atoms with Crippen molar-refractivity contribution in [2.45, 2.75) is 32.2 Å². The number of hydrogen-bond acceptors (Lipinski definition) is 3. The number of para-hydroxylation sites is 1. The number of nitrogens with one attached hydrogen (secondary N) is 2. The number of quaternary nitrogens is 1. The molecule has 1 unspecified atom stereocenters. The van der Waals surface area contributed by atoms with Crippen molar-refractivity contribution < 1.29 is 9.69 Å². The first-order valence-electron chi connectivity index (χ1n) is 9.69. The Hall–Kier alpha value is -2.24. The number of likely N-dealkylation sites (tertiary alicyclic amines) is 1. The predicted octanol–water partition coefficient (Wildman–Crippen LogP) is 2.68. The summed E-state index contributed by atoms with van der Waals surface area (Å²) in [6.07, 6.45) is 2.33. The van der Waals surface area contributed by atoms with Gasteiger partial charge in [-0.2, -0.15) is 0 Å². The van der Waals surface area contributed by atoms with Crippen LogP contribution in [0.4, 0.5) is 0 Å². The molecular weight excluding hydrogens is 354 g/mol. The van der Waals surface area contributed by atoms with Gasteiger partial charge < -0.3 is 10.2 Å². The molecule has 4 nitrogen and oxygen atoms in total. The van der Waals surface area contributed by atoms with Crippen LogP contribution in [0.2, 0.25) is 0 Å². The number of hydrogen-bond donors (Lipinski definition) is 2. The van der Waals surface area contributed by atoms with E-state index < -0.39 is 0 Å². The number of aryl methyl sites for hydroxylation is 1. The monoisotopic (exact) mass is 380 g/mol. The number of carbonyl (C=O) groups is 1. The predicted molar refractivity (Wildman–Crippen MR) is 110 cm³/mol. The van der Waals surface area contributed by atoms with Crippen LogP contribution in [0, 0.1) is 6.92 Å². The molecule has 0 saturated carbocycles. The van der Waals surface area contributed by atoms with Gasteiger partial charge in [0, 0.05) is 6.54 Å². The maximum atomic E-state index is 12.4. The molecule has 27 heavy (non-hydrogen) atoms. The number of benzene rings is 2. The summed E-state index contributed by atoms with van der Waals surface area (Å²) in [6.45, 7) is 5.31. The zero-order valence-electron chi connectivity index (χ0n) is 15.7. The molecule has 1 aliphatic heterocycles. The minimum absolute atomic E-state index is 0.137. The molecule has 0 aliphatic carbocycles. The molecule has 1 saturated heterocycles. The smallest absolute Gasteiger partial charge is 0.275 e. The average Bonchev–Trinajstić information content (AvgIpc) is 3.12. The highest BCUT2D eigenvalue weighted by molar-refractivity contribution is 7.18. The topological polar surface area (TPSA) is 46.4 Å². The third-order valence-corrected chi connectivity index (χ3v) is 6.62. The average molecular weight is 381 g/mol. The second-order valence-electron chi connectivity index (χ2n) is 7.44. The molecule has 5 heteroatoms. The summed E-state index contributed by atoms with van der Waals surface area (Å²) in [5, 5.41) is 4.32. The first-order valence-corrected chi connectivity index (χ1v) is 10.5. The molecule has 0 bridgehead atoms. The summed E-state index contributed by atoms with van der Waals surface area (Å²) >= 11 is 1.81. The maximum absolute atomic E-state index is 12.4. The molecule has 0 spiro atoms. The lowest BCUT2D eigenvalue weighted by Crippen LogP contribution is -3.14. The Balaban J connectivity index is 1.34. The van der Waals surface area contributed by atoms with Gasteiger partial charge in [-0.3, -0.25) is 4.79 Å². The zero-order chi connectivity index (χ0) is 18.6. The third kappa shape index (κ3) is 4.37. The number of thiazole rings is 1. The van der Waals surface area contributed by atoms with E-state index >= 15 is 0 Å². The van der Waals surface area contributed by atoms with Gasteiger partial charge in [0.2, 0.25) is 0 Å².